The van der Waals surface area contributed by atoms with Crippen LogP contribution in [0.15, 0.2) is 42.5 Å². The Balaban J connectivity index is 1.37. The van der Waals surface area contributed by atoms with E-state index in [-0.39, 0.29) is 25.1 Å². The second-order valence-electron chi connectivity index (χ2n) is 14.4. The Morgan fingerprint density at radius 1 is 1.06 bits per heavy atom. The summed E-state index contributed by atoms with van der Waals surface area (Å²) in [4.78, 5) is 10.1. The van der Waals surface area contributed by atoms with E-state index in [9.17, 15) is 5.26 Å². The van der Waals surface area contributed by atoms with Gasteiger partial charge in [0.2, 0.25) is 5.88 Å². The van der Waals surface area contributed by atoms with E-state index < -0.39 is 0 Å². The number of rotatable bonds is 10. The molecule has 1 saturated heterocycles. The van der Waals surface area contributed by atoms with Gasteiger partial charge in [0.05, 0.1) is 11.8 Å². The lowest BCUT2D eigenvalue weighted by atomic mass is 9.76. The highest BCUT2D eigenvalue weighted by atomic mass is 19.1. The van der Waals surface area contributed by atoms with Gasteiger partial charge in [0.25, 0.3) is 0 Å². The third-order valence-electron chi connectivity index (χ3n) is 11.7. The van der Waals surface area contributed by atoms with Gasteiger partial charge >= 0.3 is 0 Å². The third kappa shape index (κ3) is 5.27. The molecule has 0 spiro atoms. The number of aromatic nitrogens is 1. The Hall–Kier alpha value is -3.93. The fourth-order valence-electron chi connectivity index (χ4n) is 9.44. The molecule has 3 aromatic carbocycles. The zero-order valence-electron chi connectivity index (χ0n) is 28.3. The van der Waals surface area contributed by atoms with Crippen molar-refractivity contribution < 1.29 is 18.6 Å². The monoisotopic (exact) mass is 648 g/mol. The van der Waals surface area contributed by atoms with Crippen LogP contribution in [0.4, 0.5) is 10.1 Å². The van der Waals surface area contributed by atoms with Gasteiger partial charge in [-0.25, -0.2) is 9.37 Å². The molecule has 0 N–H and O–H groups in total. The Labute approximate surface area is 282 Å². The minimum absolute atomic E-state index is 0.0715. The SMILES string of the molecule is COCOc1cc(-c2c(CCC#N)cc3c4c(c(O[C@@H](C)[C@@H]5CCCN5C)nc3c2F)CCCN4C2C3CCC2C3)c2ccccc2c1. The molecule has 3 saturated carbocycles. The predicted octanol–water partition coefficient (Wildman–Crippen LogP) is 8.05. The molecule has 3 heterocycles. The quantitative estimate of drug-likeness (QED) is 0.161. The Bertz CT molecular complexity index is 1890. The second-order valence-corrected chi connectivity index (χ2v) is 14.4. The van der Waals surface area contributed by atoms with Crippen molar-refractivity contribution in [2.24, 2.45) is 11.8 Å². The summed E-state index contributed by atoms with van der Waals surface area (Å²) in [6.07, 6.45) is 8.64. The third-order valence-corrected chi connectivity index (χ3v) is 11.7. The first-order chi connectivity index (χ1) is 23.5. The summed E-state index contributed by atoms with van der Waals surface area (Å²) in [6, 6.07) is 17.1. The number of nitrogens with zero attached hydrogens (tertiary/aromatic N) is 4. The van der Waals surface area contributed by atoms with Gasteiger partial charge in [0.15, 0.2) is 12.6 Å². The molecule has 2 bridgehead atoms. The number of hydrogen-bond acceptors (Lipinski definition) is 7. The van der Waals surface area contributed by atoms with E-state index in [1.54, 1.807) is 7.11 Å². The number of nitriles is 1. The van der Waals surface area contributed by atoms with E-state index >= 15 is 4.39 Å². The van der Waals surface area contributed by atoms with Crippen LogP contribution in [-0.2, 0) is 17.6 Å². The minimum Gasteiger partial charge on any atom is -0.473 e. The smallest absolute Gasteiger partial charge is 0.219 e. The van der Waals surface area contributed by atoms with E-state index in [0.29, 0.717) is 53.0 Å². The van der Waals surface area contributed by atoms with Crippen LogP contribution in [0.25, 0.3) is 32.8 Å². The molecule has 2 unspecified atom stereocenters. The Morgan fingerprint density at radius 2 is 1.90 bits per heavy atom. The van der Waals surface area contributed by atoms with E-state index in [0.717, 1.165) is 77.3 Å². The molecule has 0 radical (unpaired) electrons. The van der Waals surface area contributed by atoms with Gasteiger partial charge in [-0.2, -0.15) is 5.26 Å². The van der Waals surface area contributed by atoms with Crippen LogP contribution >= 0.6 is 0 Å². The van der Waals surface area contributed by atoms with Crippen molar-refractivity contribution in [3.63, 3.8) is 0 Å². The molecule has 48 heavy (non-hydrogen) atoms. The van der Waals surface area contributed by atoms with Gasteiger partial charge in [-0.3, -0.25) is 4.90 Å². The maximum atomic E-state index is 17.7. The van der Waals surface area contributed by atoms with Gasteiger partial charge in [-0.05, 0) is 124 Å². The molecule has 8 heteroatoms. The lowest BCUT2D eigenvalue weighted by Crippen LogP contribution is -2.51. The van der Waals surface area contributed by atoms with Crippen molar-refractivity contribution in [1.82, 2.24) is 9.88 Å². The Kier molecular flexibility index (Phi) is 8.38. The number of likely N-dealkylation sites (N-methyl/N-ethyl adjacent to an activating group) is 1. The summed E-state index contributed by atoms with van der Waals surface area (Å²) in [5.74, 6) is 2.21. The van der Waals surface area contributed by atoms with E-state index in [1.165, 1.54) is 19.3 Å². The number of hydrogen-bond donors (Lipinski definition) is 0. The summed E-state index contributed by atoms with van der Waals surface area (Å²) in [7, 11) is 3.75. The van der Waals surface area contributed by atoms with Crippen molar-refractivity contribution in [2.45, 2.75) is 82.9 Å². The maximum absolute atomic E-state index is 17.7. The van der Waals surface area contributed by atoms with Crippen LogP contribution in [0.3, 0.4) is 0 Å². The van der Waals surface area contributed by atoms with Crippen molar-refractivity contribution >= 4 is 27.4 Å². The van der Waals surface area contributed by atoms with Gasteiger partial charge in [-0.15, -0.1) is 0 Å². The van der Waals surface area contributed by atoms with E-state index in [2.05, 4.69) is 35.9 Å². The number of aryl methyl sites for hydroxylation is 1. The van der Waals surface area contributed by atoms with Gasteiger partial charge in [0.1, 0.15) is 17.4 Å². The standard InChI is InChI=1S/C40H45FN4O3/c1-24(34-13-8-17-44(34)2)48-40-31-12-7-18-45(38-27-14-15-28(38)19-27)39(31)33-21-26(10-6-16-42)35(36(41)37(33)43-40)32-22-29(47-23-46-3)20-25-9-4-5-11-30(25)32/h4-5,9,11,20-22,24,27-28,34,38H,6-8,10,12-15,17-19,23H2,1-3H3/t24-,27?,28?,34-,38?/m0/s1. The van der Waals surface area contributed by atoms with E-state index in [1.807, 2.05) is 36.4 Å². The molecule has 4 atom stereocenters. The Morgan fingerprint density at radius 3 is 2.65 bits per heavy atom. The molecule has 4 fully saturated rings. The van der Waals surface area contributed by atoms with Crippen LogP contribution in [0, 0.1) is 29.0 Å². The normalized spacial score (nSPS) is 24.0. The summed E-state index contributed by atoms with van der Waals surface area (Å²) in [5, 5.41) is 12.4. The number of methoxy groups -OCH3 is 1. The number of anilines is 1. The second kappa shape index (κ2) is 12.8. The van der Waals surface area contributed by atoms with Crippen LogP contribution in [0.1, 0.15) is 63.0 Å². The largest absolute Gasteiger partial charge is 0.473 e. The van der Waals surface area contributed by atoms with Gasteiger partial charge in [0, 0.05) is 48.7 Å². The summed E-state index contributed by atoms with van der Waals surface area (Å²) in [6.45, 7) is 4.25. The van der Waals surface area contributed by atoms with Crippen LogP contribution in [-0.4, -0.2) is 62.1 Å². The maximum Gasteiger partial charge on any atom is 0.219 e. The number of halogens is 1. The van der Waals surface area contributed by atoms with Gasteiger partial charge < -0.3 is 19.1 Å². The number of pyridine rings is 1. The molecule has 1 aromatic heterocycles. The van der Waals surface area contributed by atoms with Crippen LogP contribution < -0.4 is 14.4 Å². The van der Waals surface area contributed by atoms with Crippen molar-refractivity contribution in [3.8, 4) is 28.8 Å². The molecular weight excluding hydrogens is 603 g/mol. The fourth-order valence-corrected chi connectivity index (χ4v) is 9.44. The molecule has 0 amide bonds. The van der Waals surface area contributed by atoms with Gasteiger partial charge in [-0.1, -0.05) is 24.3 Å². The first kappa shape index (κ1) is 31.3. The molecule has 9 rings (SSSR count). The van der Waals surface area contributed by atoms with Crippen molar-refractivity contribution in [1.29, 1.82) is 5.26 Å². The van der Waals surface area contributed by atoms with Crippen LogP contribution in [0.2, 0.25) is 0 Å². The molecule has 250 valence electrons. The zero-order valence-corrected chi connectivity index (χ0v) is 28.3. The number of benzene rings is 3. The molecular formula is C40H45FN4O3. The lowest BCUT2D eigenvalue weighted by Gasteiger charge is -2.48. The highest BCUT2D eigenvalue weighted by Crippen LogP contribution is 2.55. The molecule has 5 aliphatic rings. The average Bonchev–Trinajstić information content (AvgIpc) is 3.86. The molecule has 3 aliphatic carbocycles. The highest BCUT2D eigenvalue weighted by molar-refractivity contribution is 6.04. The minimum atomic E-state index is -0.366. The predicted molar refractivity (Wildman–Crippen MR) is 187 cm³/mol. The first-order valence-corrected chi connectivity index (χ1v) is 17.8. The highest BCUT2D eigenvalue weighted by Gasteiger charge is 2.51. The number of ether oxygens (including phenoxy) is 3. The topological polar surface area (TPSA) is 70.9 Å². The summed E-state index contributed by atoms with van der Waals surface area (Å²) < 4.78 is 35.6. The molecule has 4 aromatic rings. The average molecular weight is 649 g/mol. The molecule has 7 nitrogen and oxygen atoms in total. The first-order valence-electron chi connectivity index (χ1n) is 17.8. The van der Waals surface area contributed by atoms with Crippen molar-refractivity contribution in [2.75, 3.05) is 38.9 Å². The number of fused-ring (bicyclic) bond motifs is 5. The zero-order chi connectivity index (χ0) is 32.9. The number of likely N-dealkylation sites (tertiary alicyclic amines) is 1. The summed E-state index contributed by atoms with van der Waals surface area (Å²) in [5.41, 5.74) is 4.59. The van der Waals surface area contributed by atoms with Crippen molar-refractivity contribution in [3.05, 3.63) is 59.4 Å². The summed E-state index contributed by atoms with van der Waals surface area (Å²) >= 11 is 0. The molecule has 2 aliphatic heterocycles. The van der Waals surface area contributed by atoms with Crippen LogP contribution in [0.5, 0.6) is 11.6 Å². The lowest BCUT2D eigenvalue weighted by molar-refractivity contribution is 0.0512. The fraction of sp³-hybridized carbons (Fsp3) is 0.500. The van der Waals surface area contributed by atoms with E-state index in [4.69, 9.17) is 19.2 Å².